The number of methoxy groups -OCH3 is 1. The first kappa shape index (κ1) is 14.7. The van der Waals surface area contributed by atoms with E-state index in [4.69, 9.17) is 9.47 Å². The van der Waals surface area contributed by atoms with Crippen molar-refractivity contribution in [2.24, 2.45) is 0 Å². The maximum atomic E-state index is 6.42. The van der Waals surface area contributed by atoms with Crippen molar-refractivity contribution in [2.45, 2.75) is 38.3 Å². The quantitative estimate of drug-likeness (QED) is 0.924. The standard InChI is InChI=1S/C17H26N2O2/c1-4-19(5-2)13-11-17(9-10-18-12-17)21-15-8-6-7-14(20-3)16(13)15/h6-8,13,18H,4-5,9-12H2,1-3H3. The van der Waals surface area contributed by atoms with Gasteiger partial charge in [-0.1, -0.05) is 19.9 Å². The number of hydrogen-bond donors (Lipinski definition) is 1. The summed E-state index contributed by atoms with van der Waals surface area (Å²) in [5.74, 6) is 1.95. The van der Waals surface area contributed by atoms with E-state index in [2.05, 4.69) is 30.1 Å². The second-order valence-corrected chi connectivity index (χ2v) is 6.03. The van der Waals surface area contributed by atoms with Crippen LogP contribution >= 0.6 is 0 Å². The highest BCUT2D eigenvalue weighted by molar-refractivity contribution is 5.49. The molecule has 2 aliphatic rings. The maximum absolute atomic E-state index is 6.42. The van der Waals surface area contributed by atoms with Gasteiger partial charge in [0, 0.05) is 25.4 Å². The largest absolute Gasteiger partial charge is 0.496 e. The predicted molar refractivity (Wildman–Crippen MR) is 84.1 cm³/mol. The lowest BCUT2D eigenvalue weighted by Gasteiger charge is -2.43. The molecule has 116 valence electrons. The van der Waals surface area contributed by atoms with Gasteiger partial charge in [0.2, 0.25) is 0 Å². The fourth-order valence-corrected chi connectivity index (χ4v) is 3.81. The third-order valence-electron chi connectivity index (χ3n) is 4.93. The van der Waals surface area contributed by atoms with Gasteiger partial charge in [0.1, 0.15) is 17.1 Å². The first-order valence-corrected chi connectivity index (χ1v) is 8.03. The Labute approximate surface area is 127 Å². The van der Waals surface area contributed by atoms with Gasteiger partial charge in [0.25, 0.3) is 0 Å². The van der Waals surface area contributed by atoms with E-state index < -0.39 is 0 Å². The third kappa shape index (κ3) is 2.51. The SMILES string of the molecule is CCN(CC)C1CC2(CCNC2)Oc2cccc(OC)c21. The molecule has 2 unspecified atom stereocenters. The maximum Gasteiger partial charge on any atom is 0.128 e. The van der Waals surface area contributed by atoms with E-state index in [-0.39, 0.29) is 5.60 Å². The monoisotopic (exact) mass is 290 g/mol. The molecule has 3 rings (SSSR count). The number of benzene rings is 1. The molecule has 1 aromatic carbocycles. The summed E-state index contributed by atoms with van der Waals surface area (Å²) >= 11 is 0. The molecule has 0 aliphatic carbocycles. The molecule has 2 aliphatic heterocycles. The lowest BCUT2D eigenvalue weighted by Crippen LogP contribution is -2.46. The van der Waals surface area contributed by atoms with Gasteiger partial charge in [-0.15, -0.1) is 0 Å². The number of nitrogens with one attached hydrogen (secondary N) is 1. The number of nitrogens with zero attached hydrogens (tertiary/aromatic N) is 1. The van der Waals surface area contributed by atoms with Crippen molar-refractivity contribution in [2.75, 3.05) is 33.3 Å². The minimum Gasteiger partial charge on any atom is -0.496 e. The van der Waals surface area contributed by atoms with Crippen LogP contribution in [0.3, 0.4) is 0 Å². The molecule has 0 bridgehead atoms. The molecule has 1 fully saturated rings. The van der Waals surface area contributed by atoms with E-state index >= 15 is 0 Å². The fraction of sp³-hybridized carbons (Fsp3) is 0.647. The van der Waals surface area contributed by atoms with Crippen LogP contribution in [0.4, 0.5) is 0 Å². The molecule has 4 heteroatoms. The zero-order valence-corrected chi connectivity index (χ0v) is 13.3. The van der Waals surface area contributed by atoms with Crippen LogP contribution in [-0.2, 0) is 0 Å². The molecule has 1 aromatic rings. The summed E-state index contributed by atoms with van der Waals surface area (Å²) in [5.41, 5.74) is 1.17. The highest BCUT2D eigenvalue weighted by Crippen LogP contribution is 2.48. The van der Waals surface area contributed by atoms with Crippen LogP contribution in [-0.4, -0.2) is 43.8 Å². The Balaban J connectivity index is 2.05. The van der Waals surface area contributed by atoms with E-state index in [1.165, 1.54) is 5.56 Å². The van der Waals surface area contributed by atoms with Gasteiger partial charge in [-0.05, 0) is 31.8 Å². The highest BCUT2D eigenvalue weighted by atomic mass is 16.5. The van der Waals surface area contributed by atoms with E-state index in [0.717, 1.165) is 50.5 Å². The Morgan fingerprint density at radius 3 is 2.81 bits per heavy atom. The molecular weight excluding hydrogens is 264 g/mol. The summed E-state index contributed by atoms with van der Waals surface area (Å²) in [6, 6.07) is 6.54. The smallest absolute Gasteiger partial charge is 0.128 e. The Hall–Kier alpha value is -1.26. The molecule has 4 nitrogen and oxygen atoms in total. The van der Waals surface area contributed by atoms with Crippen LogP contribution < -0.4 is 14.8 Å². The Morgan fingerprint density at radius 2 is 2.19 bits per heavy atom. The molecule has 0 radical (unpaired) electrons. The minimum absolute atomic E-state index is 0.0490. The van der Waals surface area contributed by atoms with Crippen molar-refractivity contribution in [3.8, 4) is 11.5 Å². The van der Waals surface area contributed by atoms with Gasteiger partial charge in [0.15, 0.2) is 0 Å². The number of hydrogen-bond acceptors (Lipinski definition) is 4. The van der Waals surface area contributed by atoms with Crippen LogP contribution in [0.15, 0.2) is 18.2 Å². The van der Waals surface area contributed by atoms with Crippen LogP contribution in [0.5, 0.6) is 11.5 Å². The summed E-state index contributed by atoms with van der Waals surface area (Å²) in [6.07, 6.45) is 2.12. The summed E-state index contributed by atoms with van der Waals surface area (Å²) in [6.45, 7) is 8.54. The number of fused-ring (bicyclic) bond motifs is 1. The number of ether oxygens (including phenoxy) is 2. The third-order valence-corrected chi connectivity index (χ3v) is 4.93. The van der Waals surface area contributed by atoms with E-state index in [9.17, 15) is 0 Å². The molecule has 1 spiro atoms. The van der Waals surface area contributed by atoms with Crippen molar-refractivity contribution >= 4 is 0 Å². The normalized spacial score (nSPS) is 27.7. The minimum atomic E-state index is -0.0490. The summed E-state index contributed by atoms with van der Waals surface area (Å²) in [7, 11) is 1.75. The molecule has 21 heavy (non-hydrogen) atoms. The van der Waals surface area contributed by atoms with Crippen molar-refractivity contribution in [1.82, 2.24) is 10.2 Å². The second-order valence-electron chi connectivity index (χ2n) is 6.03. The first-order valence-electron chi connectivity index (χ1n) is 8.03. The van der Waals surface area contributed by atoms with Crippen LogP contribution in [0.2, 0.25) is 0 Å². The highest BCUT2D eigenvalue weighted by Gasteiger charge is 2.45. The van der Waals surface area contributed by atoms with E-state index in [0.29, 0.717) is 6.04 Å². The lowest BCUT2D eigenvalue weighted by atomic mass is 9.85. The van der Waals surface area contributed by atoms with Crippen LogP contribution in [0, 0.1) is 0 Å². The topological polar surface area (TPSA) is 33.7 Å². The molecule has 1 N–H and O–H groups in total. The van der Waals surface area contributed by atoms with Crippen molar-refractivity contribution < 1.29 is 9.47 Å². The molecule has 0 amide bonds. The zero-order chi connectivity index (χ0) is 14.9. The van der Waals surface area contributed by atoms with Crippen molar-refractivity contribution in [1.29, 1.82) is 0 Å². The zero-order valence-electron chi connectivity index (χ0n) is 13.3. The summed E-state index contributed by atoms with van der Waals surface area (Å²) < 4.78 is 12.0. The molecule has 0 saturated carbocycles. The first-order chi connectivity index (χ1) is 10.2. The summed E-state index contributed by atoms with van der Waals surface area (Å²) in [4.78, 5) is 2.52. The van der Waals surface area contributed by atoms with E-state index in [1.807, 2.05) is 12.1 Å². The van der Waals surface area contributed by atoms with Gasteiger partial charge >= 0.3 is 0 Å². The molecule has 0 aromatic heterocycles. The Morgan fingerprint density at radius 1 is 1.38 bits per heavy atom. The van der Waals surface area contributed by atoms with Gasteiger partial charge in [-0.3, -0.25) is 4.90 Å². The summed E-state index contributed by atoms with van der Waals surface area (Å²) in [5, 5.41) is 3.46. The van der Waals surface area contributed by atoms with Crippen molar-refractivity contribution in [3.05, 3.63) is 23.8 Å². The fourth-order valence-electron chi connectivity index (χ4n) is 3.81. The lowest BCUT2D eigenvalue weighted by molar-refractivity contribution is 0.0181. The van der Waals surface area contributed by atoms with Crippen LogP contribution in [0.1, 0.15) is 38.3 Å². The Kier molecular flexibility index (Phi) is 4.09. The molecule has 2 atom stereocenters. The van der Waals surface area contributed by atoms with Gasteiger partial charge in [-0.2, -0.15) is 0 Å². The Bertz CT molecular complexity index is 494. The molecular formula is C17H26N2O2. The second kappa shape index (κ2) is 5.85. The van der Waals surface area contributed by atoms with E-state index in [1.54, 1.807) is 7.11 Å². The van der Waals surface area contributed by atoms with Gasteiger partial charge < -0.3 is 14.8 Å². The average Bonchev–Trinajstić information content (AvgIpc) is 2.95. The number of rotatable bonds is 4. The molecule has 2 heterocycles. The predicted octanol–water partition coefficient (Wildman–Crippen LogP) is 2.59. The van der Waals surface area contributed by atoms with Crippen LogP contribution in [0.25, 0.3) is 0 Å². The van der Waals surface area contributed by atoms with Crippen molar-refractivity contribution in [3.63, 3.8) is 0 Å². The van der Waals surface area contributed by atoms with Gasteiger partial charge in [0.05, 0.1) is 12.7 Å². The average molecular weight is 290 g/mol. The van der Waals surface area contributed by atoms with Gasteiger partial charge in [-0.25, -0.2) is 0 Å². The molecule has 1 saturated heterocycles.